The Hall–Kier alpha value is -0.220. The number of amides is 1. The third kappa shape index (κ3) is 2.71. The topological polar surface area (TPSA) is 41.1 Å². The summed E-state index contributed by atoms with van der Waals surface area (Å²) >= 11 is 1.75. The Morgan fingerprint density at radius 3 is 3.00 bits per heavy atom. The van der Waals surface area contributed by atoms with Crippen molar-refractivity contribution in [2.75, 3.05) is 5.75 Å². The van der Waals surface area contributed by atoms with Crippen LogP contribution in [-0.2, 0) is 4.79 Å². The fourth-order valence-electron chi connectivity index (χ4n) is 0.927. The molecule has 0 aromatic rings. The van der Waals surface area contributed by atoms with Crippen molar-refractivity contribution in [2.24, 2.45) is 0 Å². The quantitative estimate of drug-likeness (QED) is 0.641. The van der Waals surface area contributed by atoms with E-state index in [0.29, 0.717) is 12.5 Å². The summed E-state index contributed by atoms with van der Waals surface area (Å²) in [6.07, 6.45) is 0.563. The molecule has 1 rings (SSSR count). The molecular weight excluding hydrogens is 160 g/mol. The number of hydrogen-bond donors (Lipinski definition) is 2. The molecule has 0 radical (unpaired) electrons. The van der Waals surface area contributed by atoms with Gasteiger partial charge in [-0.3, -0.25) is 10.1 Å². The summed E-state index contributed by atoms with van der Waals surface area (Å²) in [5, 5.41) is 6.12. The van der Waals surface area contributed by atoms with Crippen LogP contribution in [0.3, 0.4) is 0 Å². The second-order valence-corrected chi connectivity index (χ2v) is 3.84. The van der Waals surface area contributed by atoms with E-state index in [9.17, 15) is 4.79 Å². The SMILES string of the molecule is CCC(=O)NC1NC(C)CS1. The van der Waals surface area contributed by atoms with Gasteiger partial charge < -0.3 is 5.32 Å². The zero-order valence-corrected chi connectivity index (χ0v) is 7.70. The molecule has 0 aromatic heterocycles. The Morgan fingerprint density at radius 1 is 1.82 bits per heavy atom. The molecule has 1 aliphatic heterocycles. The summed E-state index contributed by atoms with van der Waals surface area (Å²) in [6, 6.07) is 0.516. The van der Waals surface area contributed by atoms with E-state index in [1.54, 1.807) is 11.8 Å². The standard InChI is InChI=1S/C7H14N2OS/c1-3-6(10)9-7-8-5(2)4-11-7/h5,7-8H,3-4H2,1-2H3,(H,9,10). The number of thioether (sulfide) groups is 1. The van der Waals surface area contributed by atoms with Gasteiger partial charge in [0.25, 0.3) is 0 Å². The lowest BCUT2D eigenvalue weighted by molar-refractivity contribution is -0.121. The van der Waals surface area contributed by atoms with Crippen LogP contribution in [0.15, 0.2) is 0 Å². The van der Waals surface area contributed by atoms with E-state index >= 15 is 0 Å². The molecule has 4 heteroatoms. The van der Waals surface area contributed by atoms with Gasteiger partial charge in [-0.1, -0.05) is 6.92 Å². The Kier molecular flexibility index (Phi) is 3.20. The van der Waals surface area contributed by atoms with Gasteiger partial charge in [0.1, 0.15) is 5.50 Å². The van der Waals surface area contributed by atoms with Crippen LogP contribution in [0.1, 0.15) is 20.3 Å². The van der Waals surface area contributed by atoms with Crippen molar-refractivity contribution in [1.82, 2.24) is 10.6 Å². The average Bonchev–Trinajstić information content (AvgIpc) is 2.35. The first kappa shape index (κ1) is 8.87. The van der Waals surface area contributed by atoms with E-state index < -0.39 is 0 Å². The second-order valence-electron chi connectivity index (χ2n) is 2.70. The van der Waals surface area contributed by atoms with E-state index in [1.165, 1.54) is 0 Å². The van der Waals surface area contributed by atoms with E-state index in [4.69, 9.17) is 0 Å². The first-order valence-corrected chi connectivity index (χ1v) is 4.94. The minimum atomic E-state index is 0.115. The van der Waals surface area contributed by atoms with Gasteiger partial charge in [-0.2, -0.15) is 0 Å². The summed E-state index contributed by atoms with van der Waals surface area (Å²) in [4.78, 5) is 10.9. The van der Waals surface area contributed by atoms with Gasteiger partial charge >= 0.3 is 0 Å². The van der Waals surface area contributed by atoms with Gasteiger partial charge in [-0.25, -0.2) is 0 Å². The van der Waals surface area contributed by atoms with Gasteiger partial charge in [0.15, 0.2) is 0 Å². The molecule has 2 unspecified atom stereocenters. The number of carbonyl (C=O) groups excluding carboxylic acids is 1. The maximum Gasteiger partial charge on any atom is 0.221 e. The van der Waals surface area contributed by atoms with Crippen molar-refractivity contribution in [1.29, 1.82) is 0 Å². The first-order chi connectivity index (χ1) is 5.22. The predicted molar refractivity (Wildman–Crippen MR) is 47.3 cm³/mol. The van der Waals surface area contributed by atoms with Crippen LogP contribution in [0.2, 0.25) is 0 Å². The summed E-state index contributed by atoms with van der Waals surface area (Å²) < 4.78 is 0. The van der Waals surface area contributed by atoms with E-state index in [1.807, 2.05) is 6.92 Å². The van der Waals surface area contributed by atoms with Crippen LogP contribution >= 0.6 is 11.8 Å². The molecule has 64 valence electrons. The third-order valence-electron chi connectivity index (χ3n) is 1.56. The maximum atomic E-state index is 10.9. The van der Waals surface area contributed by atoms with Crippen molar-refractivity contribution < 1.29 is 4.79 Å². The maximum absolute atomic E-state index is 10.9. The molecule has 0 saturated carbocycles. The normalized spacial score (nSPS) is 30.4. The lowest BCUT2D eigenvalue weighted by Gasteiger charge is -2.11. The molecule has 0 aliphatic carbocycles. The third-order valence-corrected chi connectivity index (χ3v) is 2.84. The molecule has 1 amide bonds. The first-order valence-electron chi connectivity index (χ1n) is 3.89. The van der Waals surface area contributed by atoms with E-state index in [2.05, 4.69) is 17.6 Å². The predicted octanol–water partition coefficient (Wildman–Crippen LogP) is 0.521. The average molecular weight is 174 g/mol. The molecule has 0 spiro atoms. The summed E-state index contributed by atoms with van der Waals surface area (Å²) in [5.74, 6) is 1.19. The molecule has 1 aliphatic rings. The summed E-state index contributed by atoms with van der Waals surface area (Å²) in [5.41, 5.74) is 0.137. The van der Waals surface area contributed by atoms with Crippen LogP contribution in [0.4, 0.5) is 0 Å². The lowest BCUT2D eigenvalue weighted by atomic mass is 10.4. The molecule has 1 heterocycles. The molecule has 0 bridgehead atoms. The molecule has 2 N–H and O–H groups in total. The summed E-state index contributed by atoms with van der Waals surface area (Å²) in [7, 11) is 0. The summed E-state index contributed by atoms with van der Waals surface area (Å²) in [6.45, 7) is 3.98. The number of nitrogens with one attached hydrogen (secondary N) is 2. The van der Waals surface area contributed by atoms with Crippen LogP contribution in [0.25, 0.3) is 0 Å². The monoisotopic (exact) mass is 174 g/mol. The van der Waals surface area contributed by atoms with Gasteiger partial charge in [-0.15, -0.1) is 11.8 Å². The van der Waals surface area contributed by atoms with Gasteiger partial charge in [0.05, 0.1) is 0 Å². The Morgan fingerprint density at radius 2 is 2.55 bits per heavy atom. The highest BCUT2D eigenvalue weighted by atomic mass is 32.2. The fourth-order valence-corrected chi connectivity index (χ4v) is 2.05. The molecule has 1 saturated heterocycles. The zero-order chi connectivity index (χ0) is 8.27. The van der Waals surface area contributed by atoms with Crippen LogP contribution < -0.4 is 10.6 Å². The lowest BCUT2D eigenvalue weighted by Crippen LogP contribution is -2.41. The van der Waals surface area contributed by atoms with Crippen LogP contribution in [0.5, 0.6) is 0 Å². The molecule has 2 atom stereocenters. The highest BCUT2D eigenvalue weighted by molar-refractivity contribution is 8.00. The van der Waals surface area contributed by atoms with Crippen LogP contribution in [-0.4, -0.2) is 23.2 Å². The van der Waals surface area contributed by atoms with Crippen molar-refractivity contribution in [3.8, 4) is 0 Å². The van der Waals surface area contributed by atoms with Crippen molar-refractivity contribution in [2.45, 2.75) is 31.8 Å². The van der Waals surface area contributed by atoms with E-state index in [0.717, 1.165) is 5.75 Å². The minimum absolute atomic E-state index is 0.115. The van der Waals surface area contributed by atoms with Gasteiger partial charge in [0.2, 0.25) is 5.91 Å². The van der Waals surface area contributed by atoms with E-state index in [-0.39, 0.29) is 11.4 Å². The van der Waals surface area contributed by atoms with Gasteiger partial charge in [-0.05, 0) is 6.92 Å². The molecule has 1 fully saturated rings. The number of hydrogen-bond acceptors (Lipinski definition) is 3. The molecule has 0 aromatic carbocycles. The van der Waals surface area contributed by atoms with Crippen molar-refractivity contribution >= 4 is 17.7 Å². The Bertz CT molecular complexity index is 151. The van der Waals surface area contributed by atoms with Gasteiger partial charge in [0, 0.05) is 18.2 Å². The second kappa shape index (κ2) is 3.97. The zero-order valence-electron chi connectivity index (χ0n) is 6.89. The molecular formula is C7H14N2OS. The van der Waals surface area contributed by atoms with Crippen molar-refractivity contribution in [3.63, 3.8) is 0 Å². The highest BCUT2D eigenvalue weighted by Crippen LogP contribution is 2.15. The van der Waals surface area contributed by atoms with Crippen LogP contribution in [0, 0.1) is 0 Å². The Balaban J connectivity index is 2.23. The smallest absolute Gasteiger partial charge is 0.221 e. The minimum Gasteiger partial charge on any atom is -0.332 e. The largest absolute Gasteiger partial charge is 0.332 e. The molecule has 11 heavy (non-hydrogen) atoms. The number of rotatable bonds is 2. The Labute approximate surface area is 71.3 Å². The fraction of sp³-hybridized carbons (Fsp3) is 0.857. The highest BCUT2D eigenvalue weighted by Gasteiger charge is 2.21. The number of carbonyl (C=O) groups is 1. The van der Waals surface area contributed by atoms with Crippen molar-refractivity contribution in [3.05, 3.63) is 0 Å². The molecule has 3 nitrogen and oxygen atoms in total.